The summed E-state index contributed by atoms with van der Waals surface area (Å²) >= 11 is 1.43. The van der Waals surface area contributed by atoms with E-state index in [1.807, 2.05) is 11.8 Å². The predicted molar refractivity (Wildman–Crippen MR) is 90.8 cm³/mol. The predicted octanol–water partition coefficient (Wildman–Crippen LogP) is 1.47. The Bertz CT molecular complexity index is 432. The maximum atomic E-state index is 12.0. The maximum Gasteiger partial charge on any atom is 0.222 e. The van der Waals surface area contributed by atoms with Gasteiger partial charge >= 0.3 is 0 Å². The Morgan fingerprint density at radius 3 is 2.67 bits per heavy atom. The van der Waals surface area contributed by atoms with Crippen LogP contribution in [0.3, 0.4) is 0 Å². The monoisotopic (exact) mass is 355 g/mol. The molecule has 2 heterocycles. The fourth-order valence-electron chi connectivity index (χ4n) is 2.18. The fourth-order valence-corrected chi connectivity index (χ4v) is 2.91. The molecule has 0 atom stereocenters. The van der Waals surface area contributed by atoms with Crippen LogP contribution in [0.4, 0.5) is 5.13 Å². The zero-order chi connectivity index (χ0) is 13.7. The summed E-state index contributed by atoms with van der Waals surface area (Å²) < 4.78 is 4.21. The zero-order valence-electron chi connectivity index (χ0n) is 12.2. The van der Waals surface area contributed by atoms with Crippen molar-refractivity contribution in [2.45, 2.75) is 26.2 Å². The standard InChI is InChI=1S/C12H21N5OS.2ClH/c1-10-14-12(19-15-10)17-7-3-6-16(8-9-17)11(18)4-2-5-13;;/h2-9,13H2,1H3;2*1H. The lowest BCUT2D eigenvalue weighted by atomic mass is 10.2. The molecule has 0 unspecified atom stereocenters. The Balaban J connectivity index is 0.00000200. The average Bonchev–Trinajstić information content (AvgIpc) is 2.69. The normalized spacial score (nSPS) is 15.0. The number of carbonyl (C=O) groups is 1. The van der Waals surface area contributed by atoms with Gasteiger partial charge in [-0.1, -0.05) is 0 Å². The number of hydrogen-bond acceptors (Lipinski definition) is 6. The lowest BCUT2D eigenvalue weighted by Crippen LogP contribution is -2.35. The number of anilines is 1. The molecule has 2 rings (SSSR count). The van der Waals surface area contributed by atoms with E-state index in [4.69, 9.17) is 5.73 Å². The van der Waals surface area contributed by atoms with E-state index in [-0.39, 0.29) is 30.7 Å². The maximum absolute atomic E-state index is 12.0. The van der Waals surface area contributed by atoms with Crippen molar-refractivity contribution in [1.29, 1.82) is 0 Å². The Morgan fingerprint density at radius 2 is 2.05 bits per heavy atom. The molecule has 0 saturated carbocycles. The second-order valence-corrected chi connectivity index (χ2v) is 5.47. The Labute approximate surface area is 142 Å². The summed E-state index contributed by atoms with van der Waals surface area (Å²) in [5, 5.41) is 0.966. The number of carbonyl (C=O) groups excluding carboxylic acids is 1. The number of hydrogen-bond donors (Lipinski definition) is 1. The van der Waals surface area contributed by atoms with Gasteiger partial charge in [0.1, 0.15) is 5.82 Å². The van der Waals surface area contributed by atoms with Crippen molar-refractivity contribution in [3.8, 4) is 0 Å². The number of aromatic nitrogens is 2. The summed E-state index contributed by atoms with van der Waals surface area (Å²) in [5.41, 5.74) is 5.44. The number of rotatable bonds is 4. The van der Waals surface area contributed by atoms with Crippen LogP contribution in [0, 0.1) is 6.92 Å². The summed E-state index contributed by atoms with van der Waals surface area (Å²) in [6, 6.07) is 0. The van der Waals surface area contributed by atoms with Crippen LogP contribution in [0.5, 0.6) is 0 Å². The summed E-state index contributed by atoms with van der Waals surface area (Å²) in [7, 11) is 0. The molecular weight excluding hydrogens is 333 g/mol. The second kappa shape index (κ2) is 10.2. The molecule has 1 aromatic rings. The third kappa shape index (κ3) is 5.94. The topological polar surface area (TPSA) is 75.4 Å². The van der Waals surface area contributed by atoms with Crippen LogP contribution >= 0.6 is 36.3 Å². The van der Waals surface area contributed by atoms with E-state index >= 15 is 0 Å². The van der Waals surface area contributed by atoms with Gasteiger partial charge in [-0.2, -0.15) is 4.37 Å². The Hall–Kier alpha value is -0.630. The molecule has 1 aromatic heterocycles. The van der Waals surface area contributed by atoms with Crippen molar-refractivity contribution in [3.05, 3.63) is 5.82 Å². The van der Waals surface area contributed by atoms with E-state index in [0.717, 1.165) is 50.0 Å². The highest BCUT2D eigenvalue weighted by Crippen LogP contribution is 2.19. The number of nitrogens with two attached hydrogens (primary N) is 1. The first-order valence-corrected chi connectivity index (χ1v) is 7.51. The SMILES string of the molecule is Cc1nsc(N2CCCN(C(=O)CCCN)CC2)n1.Cl.Cl. The van der Waals surface area contributed by atoms with Gasteiger partial charge < -0.3 is 15.5 Å². The van der Waals surface area contributed by atoms with Crippen LogP contribution < -0.4 is 10.6 Å². The summed E-state index contributed by atoms with van der Waals surface area (Å²) in [5.74, 6) is 1.04. The minimum atomic E-state index is 0. The molecule has 1 saturated heterocycles. The number of nitrogens with zero attached hydrogens (tertiary/aromatic N) is 4. The van der Waals surface area contributed by atoms with E-state index < -0.39 is 0 Å². The molecule has 2 N–H and O–H groups in total. The smallest absolute Gasteiger partial charge is 0.222 e. The van der Waals surface area contributed by atoms with E-state index in [1.165, 1.54) is 11.5 Å². The van der Waals surface area contributed by atoms with Gasteiger partial charge in [0.2, 0.25) is 11.0 Å². The summed E-state index contributed by atoms with van der Waals surface area (Å²) in [6.45, 7) is 5.86. The third-order valence-corrected chi connectivity index (χ3v) is 4.10. The van der Waals surface area contributed by atoms with E-state index in [1.54, 1.807) is 0 Å². The lowest BCUT2D eigenvalue weighted by molar-refractivity contribution is -0.131. The second-order valence-electron chi connectivity index (χ2n) is 4.74. The molecule has 0 spiro atoms. The molecule has 6 nitrogen and oxygen atoms in total. The molecule has 1 aliphatic rings. The van der Waals surface area contributed by atoms with Crippen LogP contribution in [-0.2, 0) is 4.79 Å². The van der Waals surface area contributed by atoms with Gasteiger partial charge in [0.05, 0.1) is 0 Å². The summed E-state index contributed by atoms with van der Waals surface area (Å²) in [6.07, 6.45) is 2.32. The van der Waals surface area contributed by atoms with Gasteiger partial charge in [0.25, 0.3) is 0 Å². The van der Waals surface area contributed by atoms with Crippen molar-refractivity contribution in [1.82, 2.24) is 14.3 Å². The van der Waals surface area contributed by atoms with Crippen LogP contribution in [0.1, 0.15) is 25.1 Å². The van der Waals surface area contributed by atoms with Gasteiger partial charge in [-0.15, -0.1) is 24.8 Å². The molecule has 0 radical (unpaired) electrons. The Kier molecular flexibility index (Phi) is 9.85. The van der Waals surface area contributed by atoms with Gasteiger partial charge in [-0.3, -0.25) is 4.79 Å². The molecule has 0 aliphatic carbocycles. The van der Waals surface area contributed by atoms with Gasteiger partial charge in [0, 0.05) is 44.1 Å². The van der Waals surface area contributed by atoms with E-state index in [9.17, 15) is 4.79 Å². The average molecular weight is 356 g/mol. The largest absolute Gasteiger partial charge is 0.345 e. The van der Waals surface area contributed by atoms with Crippen molar-refractivity contribution < 1.29 is 4.79 Å². The van der Waals surface area contributed by atoms with Crippen molar-refractivity contribution in [2.75, 3.05) is 37.6 Å². The number of amides is 1. The highest BCUT2D eigenvalue weighted by Gasteiger charge is 2.20. The minimum absolute atomic E-state index is 0. The molecule has 122 valence electrons. The first-order valence-electron chi connectivity index (χ1n) is 6.74. The molecule has 1 fully saturated rings. The van der Waals surface area contributed by atoms with Crippen LogP contribution in [-0.4, -0.2) is 52.9 Å². The number of aryl methyl sites for hydroxylation is 1. The molecule has 0 aromatic carbocycles. The molecule has 21 heavy (non-hydrogen) atoms. The van der Waals surface area contributed by atoms with Crippen LogP contribution in [0.15, 0.2) is 0 Å². The highest BCUT2D eigenvalue weighted by atomic mass is 35.5. The van der Waals surface area contributed by atoms with E-state index in [0.29, 0.717) is 13.0 Å². The van der Waals surface area contributed by atoms with Crippen LogP contribution in [0.2, 0.25) is 0 Å². The molecular formula is C12H23Cl2N5OS. The molecule has 9 heteroatoms. The fraction of sp³-hybridized carbons (Fsp3) is 0.750. The zero-order valence-corrected chi connectivity index (χ0v) is 14.6. The van der Waals surface area contributed by atoms with Gasteiger partial charge in [0.15, 0.2) is 0 Å². The first-order chi connectivity index (χ1) is 9.20. The Morgan fingerprint density at radius 1 is 1.29 bits per heavy atom. The molecule has 0 bridgehead atoms. The van der Waals surface area contributed by atoms with Gasteiger partial charge in [-0.25, -0.2) is 4.98 Å². The van der Waals surface area contributed by atoms with Crippen molar-refractivity contribution in [3.63, 3.8) is 0 Å². The first kappa shape index (κ1) is 20.4. The minimum Gasteiger partial charge on any atom is -0.345 e. The third-order valence-electron chi connectivity index (χ3n) is 3.23. The highest BCUT2D eigenvalue weighted by molar-refractivity contribution is 7.09. The van der Waals surface area contributed by atoms with Crippen molar-refractivity contribution >= 4 is 47.4 Å². The molecule has 1 aliphatic heterocycles. The number of halogens is 2. The summed E-state index contributed by atoms with van der Waals surface area (Å²) in [4.78, 5) is 20.6. The van der Waals surface area contributed by atoms with Gasteiger partial charge in [-0.05, 0) is 26.3 Å². The quantitative estimate of drug-likeness (QED) is 0.884. The van der Waals surface area contributed by atoms with Crippen molar-refractivity contribution in [2.24, 2.45) is 5.73 Å². The van der Waals surface area contributed by atoms with Crippen LogP contribution in [0.25, 0.3) is 0 Å². The van der Waals surface area contributed by atoms with E-state index in [2.05, 4.69) is 14.3 Å². The molecule has 1 amide bonds. The lowest BCUT2D eigenvalue weighted by Gasteiger charge is -2.21.